The van der Waals surface area contributed by atoms with Crippen molar-refractivity contribution in [2.24, 2.45) is 0 Å². The van der Waals surface area contributed by atoms with Gasteiger partial charge in [0.25, 0.3) is 0 Å². The van der Waals surface area contributed by atoms with E-state index in [0.29, 0.717) is 6.61 Å². The van der Waals surface area contributed by atoms with Gasteiger partial charge in [-0.2, -0.15) is 0 Å². The molecule has 4 heteroatoms. The molecule has 0 spiro atoms. The highest BCUT2D eigenvalue weighted by atomic mass is 32.1. The monoisotopic (exact) mass is 228 g/mol. The SMILES string of the molecule is CNCCOCc1nc(C(C)(C)C)cs1. The molecule has 0 bridgehead atoms. The number of likely N-dealkylation sites (N-methyl/N-ethyl adjacent to an activating group) is 1. The molecular weight excluding hydrogens is 208 g/mol. The van der Waals surface area contributed by atoms with E-state index < -0.39 is 0 Å². The van der Waals surface area contributed by atoms with Crippen LogP contribution < -0.4 is 5.32 Å². The second kappa shape index (κ2) is 5.58. The summed E-state index contributed by atoms with van der Waals surface area (Å²) < 4.78 is 5.47. The van der Waals surface area contributed by atoms with Gasteiger partial charge in [-0.25, -0.2) is 4.98 Å². The Morgan fingerprint density at radius 1 is 1.47 bits per heavy atom. The van der Waals surface area contributed by atoms with Crippen LogP contribution in [0.5, 0.6) is 0 Å². The van der Waals surface area contributed by atoms with Crippen molar-refractivity contribution in [2.45, 2.75) is 32.8 Å². The molecule has 0 saturated heterocycles. The van der Waals surface area contributed by atoms with E-state index in [1.165, 1.54) is 0 Å². The van der Waals surface area contributed by atoms with E-state index in [9.17, 15) is 0 Å². The van der Waals surface area contributed by atoms with Crippen LogP contribution in [0.1, 0.15) is 31.5 Å². The smallest absolute Gasteiger partial charge is 0.119 e. The molecule has 1 N–H and O–H groups in total. The van der Waals surface area contributed by atoms with Gasteiger partial charge in [0.2, 0.25) is 0 Å². The Balaban J connectivity index is 2.40. The first kappa shape index (κ1) is 12.6. The number of hydrogen-bond donors (Lipinski definition) is 1. The third-order valence-electron chi connectivity index (χ3n) is 2.04. The van der Waals surface area contributed by atoms with Crippen molar-refractivity contribution in [3.63, 3.8) is 0 Å². The molecule has 1 heterocycles. The van der Waals surface area contributed by atoms with Crippen molar-refractivity contribution in [3.05, 3.63) is 16.1 Å². The molecule has 0 radical (unpaired) electrons. The fourth-order valence-corrected chi connectivity index (χ4v) is 2.01. The van der Waals surface area contributed by atoms with Crippen LogP contribution in [0.2, 0.25) is 0 Å². The fraction of sp³-hybridized carbons (Fsp3) is 0.727. The highest BCUT2D eigenvalue weighted by molar-refractivity contribution is 7.09. The average molecular weight is 228 g/mol. The maximum Gasteiger partial charge on any atom is 0.119 e. The van der Waals surface area contributed by atoms with Crippen molar-refractivity contribution in [3.8, 4) is 0 Å². The van der Waals surface area contributed by atoms with Gasteiger partial charge in [-0.3, -0.25) is 0 Å². The number of ether oxygens (including phenoxy) is 1. The van der Waals surface area contributed by atoms with E-state index in [1.54, 1.807) is 11.3 Å². The summed E-state index contributed by atoms with van der Waals surface area (Å²) in [6.45, 7) is 8.77. The summed E-state index contributed by atoms with van der Waals surface area (Å²) in [5.41, 5.74) is 1.29. The number of thiazole rings is 1. The van der Waals surface area contributed by atoms with E-state index in [0.717, 1.165) is 23.9 Å². The lowest BCUT2D eigenvalue weighted by molar-refractivity contribution is 0.123. The Hall–Kier alpha value is -0.450. The minimum absolute atomic E-state index is 0.139. The fourth-order valence-electron chi connectivity index (χ4n) is 1.06. The predicted molar refractivity (Wildman–Crippen MR) is 64.4 cm³/mol. The van der Waals surface area contributed by atoms with Gasteiger partial charge in [-0.15, -0.1) is 11.3 Å². The summed E-state index contributed by atoms with van der Waals surface area (Å²) >= 11 is 1.68. The van der Waals surface area contributed by atoms with Crippen molar-refractivity contribution in [1.29, 1.82) is 0 Å². The first-order chi connectivity index (χ1) is 7.04. The minimum Gasteiger partial charge on any atom is -0.373 e. The number of hydrogen-bond acceptors (Lipinski definition) is 4. The summed E-state index contributed by atoms with van der Waals surface area (Å²) in [4.78, 5) is 4.55. The maximum absolute atomic E-state index is 5.47. The molecule has 86 valence electrons. The molecule has 0 atom stereocenters. The number of aromatic nitrogens is 1. The number of rotatable bonds is 5. The summed E-state index contributed by atoms with van der Waals surface area (Å²) in [5, 5.41) is 6.23. The molecule has 0 saturated carbocycles. The lowest BCUT2D eigenvalue weighted by atomic mass is 9.93. The number of nitrogens with zero attached hydrogens (tertiary/aromatic N) is 1. The highest BCUT2D eigenvalue weighted by Crippen LogP contribution is 2.23. The van der Waals surface area contributed by atoms with E-state index in [-0.39, 0.29) is 5.41 Å². The van der Waals surface area contributed by atoms with Crippen LogP contribution in [0.3, 0.4) is 0 Å². The van der Waals surface area contributed by atoms with Crippen LogP contribution >= 0.6 is 11.3 Å². The molecular formula is C11H20N2OS. The Bertz CT molecular complexity index is 291. The van der Waals surface area contributed by atoms with Gasteiger partial charge in [0, 0.05) is 17.3 Å². The van der Waals surface area contributed by atoms with Crippen LogP contribution in [0.4, 0.5) is 0 Å². The number of nitrogens with one attached hydrogen (secondary N) is 1. The van der Waals surface area contributed by atoms with Crippen molar-refractivity contribution in [2.75, 3.05) is 20.2 Å². The second-order valence-corrected chi connectivity index (χ2v) is 5.48. The maximum atomic E-state index is 5.47. The quantitative estimate of drug-likeness (QED) is 0.784. The van der Waals surface area contributed by atoms with Crippen LogP contribution in [0.25, 0.3) is 0 Å². The van der Waals surface area contributed by atoms with Gasteiger partial charge in [0.05, 0.1) is 18.9 Å². The van der Waals surface area contributed by atoms with E-state index >= 15 is 0 Å². The Labute approximate surface area is 95.9 Å². The Morgan fingerprint density at radius 3 is 2.73 bits per heavy atom. The highest BCUT2D eigenvalue weighted by Gasteiger charge is 2.17. The molecule has 1 aromatic heterocycles. The topological polar surface area (TPSA) is 34.1 Å². The lowest BCUT2D eigenvalue weighted by Gasteiger charge is -2.14. The zero-order valence-corrected chi connectivity index (χ0v) is 10.8. The molecule has 0 unspecified atom stereocenters. The van der Waals surface area contributed by atoms with Crippen molar-refractivity contribution < 1.29 is 4.74 Å². The molecule has 0 amide bonds. The summed E-state index contributed by atoms with van der Waals surface area (Å²) in [7, 11) is 1.92. The van der Waals surface area contributed by atoms with Gasteiger partial charge >= 0.3 is 0 Å². The minimum atomic E-state index is 0.139. The predicted octanol–water partition coefficient (Wildman–Crippen LogP) is 2.18. The van der Waals surface area contributed by atoms with Gasteiger partial charge in [-0.1, -0.05) is 20.8 Å². The van der Waals surface area contributed by atoms with Crippen LogP contribution in [0, 0.1) is 0 Å². The van der Waals surface area contributed by atoms with Gasteiger partial charge in [0.15, 0.2) is 0 Å². The summed E-state index contributed by atoms with van der Waals surface area (Å²) in [6, 6.07) is 0. The molecule has 0 aliphatic rings. The van der Waals surface area contributed by atoms with E-state index in [4.69, 9.17) is 4.74 Å². The largest absolute Gasteiger partial charge is 0.373 e. The van der Waals surface area contributed by atoms with Gasteiger partial charge in [-0.05, 0) is 7.05 Å². The summed E-state index contributed by atoms with van der Waals surface area (Å²) in [6.07, 6.45) is 0. The molecule has 0 aromatic carbocycles. The van der Waals surface area contributed by atoms with Gasteiger partial charge < -0.3 is 10.1 Å². The van der Waals surface area contributed by atoms with E-state index in [1.807, 2.05) is 7.05 Å². The third kappa shape index (κ3) is 4.28. The van der Waals surface area contributed by atoms with Crippen LogP contribution in [-0.2, 0) is 16.8 Å². The summed E-state index contributed by atoms with van der Waals surface area (Å²) in [5.74, 6) is 0. The van der Waals surface area contributed by atoms with E-state index in [2.05, 4.69) is 36.5 Å². The first-order valence-electron chi connectivity index (χ1n) is 5.21. The molecule has 3 nitrogen and oxygen atoms in total. The third-order valence-corrected chi connectivity index (χ3v) is 2.86. The molecule has 0 aliphatic heterocycles. The molecule has 1 aromatic rings. The normalized spacial score (nSPS) is 12.0. The standard InChI is InChI=1S/C11H20N2OS/c1-11(2,3)9-8-15-10(13-9)7-14-6-5-12-4/h8,12H,5-7H2,1-4H3. The zero-order chi connectivity index (χ0) is 11.3. The Morgan fingerprint density at radius 2 is 2.20 bits per heavy atom. The van der Waals surface area contributed by atoms with Crippen molar-refractivity contribution in [1.82, 2.24) is 10.3 Å². The van der Waals surface area contributed by atoms with Crippen LogP contribution in [0.15, 0.2) is 5.38 Å². The molecule has 0 fully saturated rings. The molecule has 1 rings (SSSR count). The van der Waals surface area contributed by atoms with Crippen LogP contribution in [-0.4, -0.2) is 25.2 Å². The average Bonchev–Trinajstić information content (AvgIpc) is 2.60. The lowest BCUT2D eigenvalue weighted by Crippen LogP contribution is -2.14. The first-order valence-corrected chi connectivity index (χ1v) is 6.09. The Kier molecular flexibility index (Phi) is 4.70. The zero-order valence-electron chi connectivity index (χ0n) is 9.96. The molecule has 15 heavy (non-hydrogen) atoms. The van der Waals surface area contributed by atoms with Crippen molar-refractivity contribution >= 4 is 11.3 Å². The molecule has 0 aliphatic carbocycles. The second-order valence-electron chi connectivity index (χ2n) is 4.53. The van der Waals surface area contributed by atoms with Gasteiger partial charge in [0.1, 0.15) is 5.01 Å².